The molecule has 0 aromatic carbocycles. The molecule has 0 saturated heterocycles. The summed E-state index contributed by atoms with van der Waals surface area (Å²) in [4.78, 5) is 5.74. The van der Waals surface area contributed by atoms with Crippen molar-refractivity contribution in [3.63, 3.8) is 0 Å². The predicted octanol–water partition coefficient (Wildman–Crippen LogP) is 3.52. The number of rotatable bonds is 5. The Morgan fingerprint density at radius 2 is 2.06 bits per heavy atom. The summed E-state index contributed by atoms with van der Waals surface area (Å²) < 4.78 is 5.86. The summed E-state index contributed by atoms with van der Waals surface area (Å²) in [5, 5.41) is 4.35. The van der Waals surface area contributed by atoms with E-state index < -0.39 is 0 Å². The summed E-state index contributed by atoms with van der Waals surface area (Å²) in [5.41, 5.74) is 1.13. The topological polar surface area (TPSA) is 34.2 Å². The third-order valence-electron chi connectivity index (χ3n) is 3.31. The van der Waals surface area contributed by atoms with E-state index in [-0.39, 0.29) is 0 Å². The third kappa shape index (κ3) is 3.96. The summed E-state index contributed by atoms with van der Waals surface area (Å²) in [6.45, 7) is 5.82. The lowest BCUT2D eigenvalue weighted by Crippen LogP contribution is -2.20. The van der Waals surface area contributed by atoms with Gasteiger partial charge in [-0.25, -0.2) is 4.98 Å². The Morgan fingerprint density at radius 1 is 1.29 bits per heavy atom. The zero-order valence-corrected chi connectivity index (χ0v) is 11.6. The van der Waals surface area contributed by atoms with Gasteiger partial charge in [-0.1, -0.05) is 19.3 Å². The van der Waals surface area contributed by atoms with Crippen LogP contribution in [0.1, 0.15) is 42.7 Å². The number of nitrogens with zero attached hydrogens (tertiary/aromatic N) is 1. The van der Waals surface area contributed by atoms with Crippen LogP contribution in [-0.2, 0) is 4.74 Å². The van der Waals surface area contributed by atoms with Gasteiger partial charge in [0.15, 0.2) is 5.13 Å². The molecule has 4 heteroatoms. The average Bonchev–Trinajstić information content (AvgIpc) is 2.66. The van der Waals surface area contributed by atoms with Crippen LogP contribution in [0.15, 0.2) is 0 Å². The van der Waals surface area contributed by atoms with E-state index in [9.17, 15) is 0 Å². The number of thiazole rings is 1. The second-order valence-corrected chi connectivity index (χ2v) is 5.92. The van der Waals surface area contributed by atoms with E-state index in [0.717, 1.165) is 24.0 Å². The van der Waals surface area contributed by atoms with Gasteiger partial charge in [0, 0.05) is 11.4 Å². The Bertz CT molecular complexity index is 326. The first-order valence-corrected chi connectivity index (χ1v) is 7.37. The number of aromatic nitrogens is 1. The van der Waals surface area contributed by atoms with Crippen molar-refractivity contribution in [1.29, 1.82) is 0 Å². The molecule has 17 heavy (non-hydrogen) atoms. The van der Waals surface area contributed by atoms with Gasteiger partial charge in [0.1, 0.15) is 0 Å². The van der Waals surface area contributed by atoms with Crippen molar-refractivity contribution < 1.29 is 4.74 Å². The quantitative estimate of drug-likeness (QED) is 0.816. The van der Waals surface area contributed by atoms with Crippen LogP contribution in [0.3, 0.4) is 0 Å². The second kappa shape index (κ2) is 6.36. The maximum absolute atomic E-state index is 5.86. The van der Waals surface area contributed by atoms with Crippen molar-refractivity contribution in [2.24, 2.45) is 0 Å². The molecule has 0 amide bonds. The van der Waals surface area contributed by atoms with E-state index >= 15 is 0 Å². The molecule has 1 aromatic heterocycles. The molecule has 2 rings (SSSR count). The fraction of sp³-hybridized carbons (Fsp3) is 0.769. The molecular formula is C13H22N2OS. The Labute approximate surface area is 108 Å². The number of hydrogen-bond acceptors (Lipinski definition) is 4. The monoisotopic (exact) mass is 254 g/mol. The minimum atomic E-state index is 0.505. The van der Waals surface area contributed by atoms with Gasteiger partial charge >= 0.3 is 0 Å². The zero-order valence-electron chi connectivity index (χ0n) is 10.8. The van der Waals surface area contributed by atoms with Gasteiger partial charge in [0.05, 0.1) is 18.4 Å². The van der Waals surface area contributed by atoms with E-state index in [1.165, 1.54) is 37.0 Å². The molecule has 1 saturated carbocycles. The van der Waals surface area contributed by atoms with Crippen molar-refractivity contribution >= 4 is 16.5 Å². The maximum Gasteiger partial charge on any atom is 0.183 e. The highest BCUT2D eigenvalue weighted by atomic mass is 32.1. The SMILES string of the molecule is Cc1nc(NCCOC2CCCCC2)sc1C. The van der Waals surface area contributed by atoms with Gasteiger partial charge < -0.3 is 10.1 Å². The van der Waals surface area contributed by atoms with Crippen LogP contribution in [0.25, 0.3) is 0 Å². The minimum Gasteiger partial charge on any atom is -0.376 e. The Morgan fingerprint density at radius 3 is 2.71 bits per heavy atom. The lowest BCUT2D eigenvalue weighted by Gasteiger charge is -2.21. The molecule has 0 atom stereocenters. The molecule has 3 nitrogen and oxygen atoms in total. The van der Waals surface area contributed by atoms with Crippen LogP contribution in [0.2, 0.25) is 0 Å². The molecule has 1 aliphatic carbocycles. The van der Waals surface area contributed by atoms with Crippen LogP contribution in [-0.4, -0.2) is 24.2 Å². The third-order valence-corrected chi connectivity index (χ3v) is 4.34. The van der Waals surface area contributed by atoms with Crippen LogP contribution in [0.5, 0.6) is 0 Å². The van der Waals surface area contributed by atoms with Crippen LogP contribution >= 0.6 is 11.3 Å². The summed E-state index contributed by atoms with van der Waals surface area (Å²) in [5.74, 6) is 0. The molecule has 1 aliphatic rings. The summed E-state index contributed by atoms with van der Waals surface area (Å²) in [7, 11) is 0. The van der Waals surface area contributed by atoms with Gasteiger partial charge in [-0.15, -0.1) is 11.3 Å². The summed E-state index contributed by atoms with van der Waals surface area (Å²) >= 11 is 1.72. The normalized spacial score (nSPS) is 17.3. The van der Waals surface area contributed by atoms with Gasteiger partial charge in [0.2, 0.25) is 0 Å². The number of anilines is 1. The molecule has 0 spiro atoms. The van der Waals surface area contributed by atoms with Crippen molar-refractivity contribution in [2.75, 3.05) is 18.5 Å². The van der Waals surface area contributed by atoms with E-state index in [2.05, 4.69) is 24.1 Å². The molecule has 1 aromatic rings. The van der Waals surface area contributed by atoms with Crippen LogP contribution in [0, 0.1) is 13.8 Å². The molecular weight excluding hydrogens is 232 g/mol. The first kappa shape index (κ1) is 12.8. The smallest absolute Gasteiger partial charge is 0.183 e. The number of aryl methyl sites for hydroxylation is 2. The highest BCUT2D eigenvalue weighted by molar-refractivity contribution is 7.15. The van der Waals surface area contributed by atoms with Crippen molar-refractivity contribution in [1.82, 2.24) is 4.98 Å². The van der Waals surface area contributed by atoms with Crippen LogP contribution in [0.4, 0.5) is 5.13 Å². The van der Waals surface area contributed by atoms with Crippen molar-refractivity contribution in [2.45, 2.75) is 52.1 Å². The second-order valence-electron chi connectivity index (χ2n) is 4.72. The van der Waals surface area contributed by atoms with E-state index in [0.29, 0.717) is 6.10 Å². The van der Waals surface area contributed by atoms with E-state index in [4.69, 9.17) is 4.74 Å². The molecule has 1 heterocycles. The Hall–Kier alpha value is -0.610. The molecule has 96 valence electrons. The molecule has 1 N–H and O–H groups in total. The standard InChI is InChI=1S/C13H22N2OS/c1-10-11(2)17-13(15-10)14-8-9-16-12-6-4-3-5-7-12/h12H,3-9H2,1-2H3,(H,14,15). The van der Waals surface area contributed by atoms with Gasteiger partial charge in [-0.2, -0.15) is 0 Å². The number of hydrogen-bond donors (Lipinski definition) is 1. The minimum absolute atomic E-state index is 0.505. The van der Waals surface area contributed by atoms with Gasteiger partial charge in [-0.05, 0) is 26.7 Å². The van der Waals surface area contributed by atoms with Crippen LogP contribution < -0.4 is 5.32 Å². The number of nitrogens with one attached hydrogen (secondary N) is 1. The first-order valence-electron chi connectivity index (χ1n) is 6.55. The van der Waals surface area contributed by atoms with Crippen molar-refractivity contribution in [3.8, 4) is 0 Å². The molecule has 1 fully saturated rings. The molecule has 0 bridgehead atoms. The molecule has 0 unspecified atom stereocenters. The van der Waals surface area contributed by atoms with Crippen molar-refractivity contribution in [3.05, 3.63) is 10.6 Å². The Balaban J connectivity index is 1.62. The predicted molar refractivity (Wildman–Crippen MR) is 72.9 cm³/mol. The van der Waals surface area contributed by atoms with Gasteiger partial charge in [-0.3, -0.25) is 0 Å². The summed E-state index contributed by atoms with van der Waals surface area (Å²) in [6, 6.07) is 0. The highest BCUT2D eigenvalue weighted by Crippen LogP contribution is 2.21. The fourth-order valence-corrected chi connectivity index (χ4v) is 3.00. The zero-order chi connectivity index (χ0) is 12.1. The Kier molecular flexibility index (Phi) is 4.80. The summed E-state index contributed by atoms with van der Waals surface area (Å²) in [6.07, 6.45) is 7.05. The molecule has 0 radical (unpaired) electrons. The lowest BCUT2D eigenvalue weighted by atomic mass is 9.98. The molecule has 0 aliphatic heterocycles. The first-order chi connectivity index (χ1) is 8.25. The fourth-order valence-electron chi connectivity index (χ4n) is 2.16. The largest absolute Gasteiger partial charge is 0.376 e. The van der Waals surface area contributed by atoms with E-state index in [1.807, 2.05) is 0 Å². The van der Waals surface area contributed by atoms with Gasteiger partial charge in [0.25, 0.3) is 0 Å². The lowest BCUT2D eigenvalue weighted by molar-refractivity contribution is 0.0347. The highest BCUT2D eigenvalue weighted by Gasteiger charge is 2.13. The maximum atomic E-state index is 5.86. The average molecular weight is 254 g/mol. The number of ether oxygens (including phenoxy) is 1. The van der Waals surface area contributed by atoms with E-state index in [1.54, 1.807) is 11.3 Å².